The van der Waals surface area contributed by atoms with Crippen molar-refractivity contribution >= 4 is 22.6 Å². The van der Waals surface area contributed by atoms with E-state index in [-0.39, 0.29) is 5.91 Å². The highest BCUT2D eigenvalue weighted by atomic mass is 16.5. The molecule has 4 aromatic rings. The molecule has 0 unspecified atom stereocenters. The van der Waals surface area contributed by atoms with Crippen molar-refractivity contribution in [2.45, 2.75) is 40.0 Å². The van der Waals surface area contributed by atoms with E-state index in [4.69, 9.17) is 9.72 Å². The van der Waals surface area contributed by atoms with Crippen LogP contribution in [-0.2, 0) is 11.2 Å². The highest BCUT2D eigenvalue weighted by molar-refractivity contribution is 5.90. The lowest BCUT2D eigenvalue weighted by atomic mass is 10.1. The molecule has 0 aliphatic heterocycles. The van der Waals surface area contributed by atoms with Gasteiger partial charge in [0.15, 0.2) is 5.82 Å². The van der Waals surface area contributed by atoms with Crippen LogP contribution in [0.4, 0.5) is 5.82 Å². The van der Waals surface area contributed by atoms with Crippen LogP contribution in [0.2, 0.25) is 0 Å². The van der Waals surface area contributed by atoms with Gasteiger partial charge in [-0.1, -0.05) is 37.3 Å². The number of aromatic nitrogens is 3. The van der Waals surface area contributed by atoms with Crippen LogP contribution >= 0.6 is 0 Å². The summed E-state index contributed by atoms with van der Waals surface area (Å²) in [5.74, 6) is 2.05. The molecule has 32 heavy (non-hydrogen) atoms. The molecule has 1 amide bonds. The average molecular weight is 429 g/mol. The SMILES string of the molecule is CCc1ccc(OCCCC(=O)Nc2cc(C)nn2-c2cc(C)c3ccccc3n2)cc1. The Kier molecular flexibility index (Phi) is 6.50. The topological polar surface area (TPSA) is 69.0 Å². The number of aryl methyl sites for hydroxylation is 3. The first-order valence-electron chi connectivity index (χ1n) is 11.0. The van der Waals surface area contributed by atoms with E-state index in [2.05, 4.69) is 42.5 Å². The van der Waals surface area contributed by atoms with Crippen LogP contribution in [0.1, 0.15) is 36.6 Å². The number of carbonyl (C=O) groups is 1. The Balaban J connectivity index is 1.39. The molecule has 0 radical (unpaired) electrons. The standard InChI is InChI=1S/C26H28N4O2/c1-4-20-11-13-21(14-12-20)32-15-7-10-26(31)28-25-17-19(3)29-30(25)24-16-18(2)22-8-5-6-9-23(22)27-24/h5-6,8-9,11-14,16-17H,4,7,10,15H2,1-3H3,(H,28,31). The number of nitrogens with one attached hydrogen (secondary N) is 1. The maximum Gasteiger partial charge on any atom is 0.225 e. The van der Waals surface area contributed by atoms with Crippen LogP contribution in [0.15, 0.2) is 60.7 Å². The van der Waals surface area contributed by atoms with Gasteiger partial charge in [0.2, 0.25) is 5.91 Å². The minimum atomic E-state index is -0.0754. The fourth-order valence-corrected chi connectivity index (χ4v) is 3.65. The van der Waals surface area contributed by atoms with Gasteiger partial charge in [-0.2, -0.15) is 9.78 Å². The number of benzene rings is 2. The Morgan fingerprint density at radius 2 is 1.84 bits per heavy atom. The van der Waals surface area contributed by atoms with Gasteiger partial charge in [-0.15, -0.1) is 0 Å². The number of carbonyl (C=O) groups excluding carboxylic acids is 1. The molecule has 0 aliphatic rings. The van der Waals surface area contributed by atoms with Gasteiger partial charge in [-0.3, -0.25) is 4.79 Å². The summed E-state index contributed by atoms with van der Waals surface area (Å²) in [6.45, 7) is 6.57. The summed E-state index contributed by atoms with van der Waals surface area (Å²) in [6.07, 6.45) is 1.99. The summed E-state index contributed by atoms with van der Waals surface area (Å²) in [4.78, 5) is 17.3. The molecule has 1 N–H and O–H groups in total. The number of amides is 1. The van der Waals surface area contributed by atoms with Crippen molar-refractivity contribution in [1.29, 1.82) is 0 Å². The highest BCUT2D eigenvalue weighted by Gasteiger charge is 2.13. The molecule has 2 heterocycles. The molecule has 164 valence electrons. The second-order valence-corrected chi connectivity index (χ2v) is 7.89. The molecule has 2 aromatic heterocycles. The second kappa shape index (κ2) is 9.64. The zero-order valence-electron chi connectivity index (χ0n) is 18.8. The van der Waals surface area contributed by atoms with Crippen LogP contribution in [0.5, 0.6) is 5.75 Å². The third kappa shape index (κ3) is 4.97. The molecular formula is C26H28N4O2. The van der Waals surface area contributed by atoms with Crippen molar-refractivity contribution in [2.24, 2.45) is 0 Å². The number of anilines is 1. The Morgan fingerprint density at radius 3 is 2.62 bits per heavy atom. The van der Waals surface area contributed by atoms with E-state index in [0.717, 1.165) is 34.3 Å². The predicted molar refractivity (Wildman–Crippen MR) is 128 cm³/mol. The summed E-state index contributed by atoms with van der Waals surface area (Å²) in [7, 11) is 0. The van der Waals surface area contributed by atoms with E-state index in [1.165, 1.54) is 5.56 Å². The number of hydrogen-bond acceptors (Lipinski definition) is 4. The fourth-order valence-electron chi connectivity index (χ4n) is 3.65. The first kappa shape index (κ1) is 21.6. The van der Waals surface area contributed by atoms with E-state index in [1.54, 1.807) is 4.68 Å². The maximum absolute atomic E-state index is 12.6. The molecule has 6 heteroatoms. The molecular weight excluding hydrogens is 400 g/mol. The van der Waals surface area contributed by atoms with Crippen LogP contribution in [-0.4, -0.2) is 27.3 Å². The molecule has 0 spiro atoms. The molecule has 0 saturated carbocycles. The van der Waals surface area contributed by atoms with E-state index in [0.29, 0.717) is 31.1 Å². The lowest BCUT2D eigenvalue weighted by molar-refractivity contribution is -0.116. The summed E-state index contributed by atoms with van der Waals surface area (Å²) in [6, 6.07) is 19.9. The molecule has 0 fully saturated rings. The predicted octanol–water partition coefficient (Wildman–Crippen LogP) is 5.40. The zero-order chi connectivity index (χ0) is 22.5. The first-order valence-corrected chi connectivity index (χ1v) is 11.0. The van der Waals surface area contributed by atoms with Gasteiger partial charge in [0.1, 0.15) is 11.6 Å². The Morgan fingerprint density at radius 1 is 1.06 bits per heavy atom. The minimum absolute atomic E-state index is 0.0754. The zero-order valence-corrected chi connectivity index (χ0v) is 18.8. The summed E-state index contributed by atoms with van der Waals surface area (Å²) in [5, 5.41) is 8.63. The van der Waals surface area contributed by atoms with Crippen LogP contribution < -0.4 is 10.1 Å². The van der Waals surface area contributed by atoms with Gasteiger partial charge < -0.3 is 10.1 Å². The summed E-state index contributed by atoms with van der Waals surface area (Å²) < 4.78 is 7.44. The molecule has 0 saturated heterocycles. The van der Waals surface area contributed by atoms with Gasteiger partial charge in [0, 0.05) is 17.9 Å². The highest BCUT2D eigenvalue weighted by Crippen LogP contribution is 2.22. The van der Waals surface area contributed by atoms with Crippen molar-refractivity contribution in [3.8, 4) is 11.6 Å². The lowest BCUT2D eigenvalue weighted by Gasteiger charge is -2.11. The van der Waals surface area contributed by atoms with Gasteiger partial charge >= 0.3 is 0 Å². The van der Waals surface area contributed by atoms with E-state index < -0.39 is 0 Å². The number of rotatable bonds is 8. The maximum atomic E-state index is 12.6. The van der Waals surface area contributed by atoms with Gasteiger partial charge in [-0.25, -0.2) is 4.98 Å². The van der Waals surface area contributed by atoms with Crippen molar-refractivity contribution in [1.82, 2.24) is 14.8 Å². The average Bonchev–Trinajstić information content (AvgIpc) is 3.17. The van der Waals surface area contributed by atoms with Crippen molar-refractivity contribution in [3.63, 3.8) is 0 Å². The third-order valence-corrected chi connectivity index (χ3v) is 5.37. The Hall–Kier alpha value is -3.67. The minimum Gasteiger partial charge on any atom is -0.494 e. The normalized spacial score (nSPS) is 11.0. The van der Waals surface area contributed by atoms with E-state index in [1.807, 2.05) is 49.4 Å². The largest absolute Gasteiger partial charge is 0.494 e. The van der Waals surface area contributed by atoms with Crippen molar-refractivity contribution in [3.05, 3.63) is 77.5 Å². The third-order valence-electron chi connectivity index (χ3n) is 5.37. The first-order chi connectivity index (χ1) is 15.5. The molecule has 4 rings (SSSR count). The molecule has 0 bridgehead atoms. The number of ether oxygens (including phenoxy) is 1. The Labute approximate surface area is 188 Å². The van der Waals surface area contributed by atoms with Crippen LogP contribution in [0.3, 0.4) is 0 Å². The Bertz CT molecular complexity index is 1230. The molecule has 0 aliphatic carbocycles. The summed E-state index contributed by atoms with van der Waals surface area (Å²) in [5.41, 5.74) is 4.10. The fraction of sp³-hybridized carbons (Fsp3) is 0.269. The number of fused-ring (bicyclic) bond motifs is 1. The van der Waals surface area contributed by atoms with Gasteiger partial charge in [0.25, 0.3) is 0 Å². The number of nitrogens with zero attached hydrogens (tertiary/aromatic N) is 3. The molecule has 6 nitrogen and oxygen atoms in total. The van der Waals surface area contributed by atoms with E-state index >= 15 is 0 Å². The van der Waals surface area contributed by atoms with E-state index in [9.17, 15) is 4.79 Å². The van der Waals surface area contributed by atoms with Crippen LogP contribution in [0, 0.1) is 13.8 Å². The van der Waals surface area contributed by atoms with Crippen LogP contribution in [0.25, 0.3) is 16.7 Å². The smallest absolute Gasteiger partial charge is 0.225 e. The van der Waals surface area contributed by atoms with Gasteiger partial charge in [0.05, 0.1) is 17.8 Å². The molecule has 0 atom stereocenters. The quantitative estimate of drug-likeness (QED) is 0.382. The number of pyridine rings is 1. The monoisotopic (exact) mass is 428 g/mol. The number of hydrogen-bond donors (Lipinski definition) is 1. The van der Waals surface area contributed by atoms with Gasteiger partial charge in [-0.05, 0) is 62.1 Å². The second-order valence-electron chi connectivity index (χ2n) is 7.89. The lowest BCUT2D eigenvalue weighted by Crippen LogP contribution is -2.16. The number of para-hydroxylation sites is 1. The molecule has 2 aromatic carbocycles. The van der Waals surface area contributed by atoms with Crippen molar-refractivity contribution in [2.75, 3.05) is 11.9 Å². The summed E-state index contributed by atoms with van der Waals surface area (Å²) >= 11 is 0. The van der Waals surface area contributed by atoms with Crippen molar-refractivity contribution < 1.29 is 9.53 Å².